The maximum atomic E-state index is 13.6. The van der Waals surface area contributed by atoms with E-state index in [0.29, 0.717) is 44.5 Å². The van der Waals surface area contributed by atoms with Crippen LogP contribution in [0.5, 0.6) is 11.5 Å². The van der Waals surface area contributed by atoms with E-state index < -0.39 is 23.0 Å². The van der Waals surface area contributed by atoms with Gasteiger partial charge in [0.05, 0.1) is 23.1 Å². The lowest BCUT2D eigenvalue weighted by molar-refractivity contribution is -0.121. The fourth-order valence-electron chi connectivity index (χ4n) is 5.05. The second-order valence-corrected chi connectivity index (χ2v) is 11.9. The quantitative estimate of drug-likeness (QED) is 0.129. The zero-order valence-electron chi connectivity index (χ0n) is 25.6. The number of ether oxygens (including phenoxy) is 3. The Labute approximate surface area is 279 Å². The molecule has 0 radical (unpaired) electrons. The molecule has 2 N–H and O–H groups in total. The number of hydrogen-bond donors (Lipinski definition) is 2. The summed E-state index contributed by atoms with van der Waals surface area (Å²) in [6.45, 7) is 2.04. The summed E-state index contributed by atoms with van der Waals surface area (Å²) in [6.07, 6.45) is 1.51. The molecule has 1 saturated heterocycles. The van der Waals surface area contributed by atoms with E-state index in [0.717, 1.165) is 4.90 Å². The number of amides is 4. The zero-order chi connectivity index (χ0) is 33.6. The molecule has 1 fully saturated rings. The van der Waals surface area contributed by atoms with Gasteiger partial charge in [0, 0.05) is 22.6 Å². The van der Waals surface area contributed by atoms with Crippen LogP contribution in [0, 0.1) is 0 Å². The molecule has 0 aliphatic carbocycles. The van der Waals surface area contributed by atoms with Crippen LogP contribution in [0.4, 0.5) is 11.4 Å². The number of benzene rings is 4. The van der Waals surface area contributed by atoms with Gasteiger partial charge in [-0.1, -0.05) is 30.3 Å². The average Bonchev–Trinajstić information content (AvgIpc) is 3.67. The van der Waals surface area contributed by atoms with Crippen molar-refractivity contribution in [3.05, 3.63) is 119 Å². The number of thioether (sulfide) groups is 1. The predicted molar refractivity (Wildman–Crippen MR) is 179 cm³/mol. The minimum Gasteiger partial charge on any atom is -0.462 e. The Hall–Kier alpha value is -5.88. The second kappa shape index (κ2) is 14.3. The van der Waals surface area contributed by atoms with Gasteiger partial charge in [-0.3, -0.25) is 19.2 Å². The number of esters is 1. The molecular weight excluding hydrogens is 634 g/mol. The highest BCUT2D eigenvalue weighted by Gasteiger charge is 2.40. The van der Waals surface area contributed by atoms with Gasteiger partial charge >= 0.3 is 5.97 Å². The topological polar surface area (TPSA) is 140 Å². The highest BCUT2D eigenvalue weighted by atomic mass is 32.2. The van der Waals surface area contributed by atoms with Gasteiger partial charge in [0.15, 0.2) is 11.5 Å². The number of carbonyl (C=O) groups excluding carboxylic acids is 5. The molecule has 11 nitrogen and oxygen atoms in total. The van der Waals surface area contributed by atoms with Crippen LogP contribution in [0.1, 0.15) is 39.6 Å². The van der Waals surface area contributed by atoms with Crippen LogP contribution in [0.3, 0.4) is 0 Å². The fraction of sp³-hybridized carbons (Fsp3) is 0.139. The van der Waals surface area contributed by atoms with Crippen LogP contribution in [0.25, 0.3) is 6.08 Å². The van der Waals surface area contributed by atoms with Crippen molar-refractivity contribution in [3.8, 4) is 11.5 Å². The molecule has 242 valence electrons. The Morgan fingerprint density at radius 3 is 2.44 bits per heavy atom. The number of carbonyl (C=O) groups is 5. The van der Waals surface area contributed by atoms with Crippen molar-refractivity contribution in [1.29, 1.82) is 0 Å². The number of imide groups is 1. The zero-order valence-corrected chi connectivity index (χ0v) is 26.5. The van der Waals surface area contributed by atoms with Gasteiger partial charge in [-0.15, -0.1) is 11.8 Å². The summed E-state index contributed by atoms with van der Waals surface area (Å²) in [5, 5.41) is 4.84. The largest absolute Gasteiger partial charge is 0.462 e. The Kier molecular flexibility index (Phi) is 9.53. The van der Waals surface area contributed by atoms with Gasteiger partial charge in [-0.05, 0) is 85.3 Å². The van der Waals surface area contributed by atoms with E-state index in [4.69, 9.17) is 14.2 Å². The van der Waals surface area contributed by atoms with Gasteiger partial charge < -0.3 is 24.8 Å². The monoisotopic (exact) mass is 663 g/mol. The van der Waals surface area contributed by atoms with Gasteiger partial charge in [-0.25, -0.2) is 9.69 Å². The summed E-state index contributed by atoms with van der Waals surface area (Å²) in [4.78, 5) is 66.6. The Morgan fingerprint density at radius 2 is 1.67 bits per heavy atom. The van der Waals surface area contributed by atoms with E-state index in [1.807, 2.05) is 0 Å². The molecule has 2 aliphatic heterocycles. The summed E-state index contributed by atoms with van der Waals surface area (Å²) in [6, 6.07) is 26.6. The molecule has 6 rings (SSSR count). The van der Waals surface area contributed by atoms with Crippen molar-refractivity contribution < 1.29 is 38.2 Å². The molecule has 48 heavy (non-hydrogen) atoms. The fourth-order valence-corrected chi connectivity index (χ4v) is 6.16. The van der Waals surface area contributed by atoms with Crippen LogP contribution in [0.2, 0.25) is 0 Å². The van der Waals surface area contributed by atoms with E-state index >= 15 is 0 Å². The lowest BCUT2D eigenvalue weighted by atomic mass is 10.1. The molecule has 4 aromatic rings. The van der Waals surface area contributed by atoms with E-state index in [1.54, 1.807) is 79.7 Å². The Morgan fingerprint density at radius 1 is 0.896 bits per heavy atom. The van der Waals surface area contributed by atoms with Crippen molar-refractivity contribution in [1.82, 2.24) is 5.32 Å². The third-order valence-corrected chi connectivity index (χ3v) is 8.53. The van der Waals surface area contributed by atoms with Crippen molar-refractivity contribution in [2.75, 3.05) is 23.6 Å². The van der Waals surface area contributed by atoms with Crippen molar-refractivity contribution in [2.24, 2.45) is 0 Å². The number of anilines is 2. The normalized spacial score (nSPS) is 15.3. The summed E-state index contributed by atoms with van der Waals surface area (Å²) in [5.41, 5.74) is 2.06. The first-order valence-corrected chi connectivity index (χ1v) is 15.9. The molecule has 0 aromatic heterocycles. The van der Waals surface area contributed by atoms with Crippen LogP contribution < -0.4 is 25.0 Å². The molecule has 0 spiro atoms. The third-order valence-electron chi connectivity index (χ3n) is 7.35. The minimum absolute atomic E-state index is 0.0121. The SMILES string of the molecule is CCOC(=O)c1ccc(N2C(=O)CC(Sc3cccc(NC(=O)/C(=C/c4ccc5c(c4)OCO5)NC(=O)c4ccccc4)c3)C2=O)cc1. The minimum atomic E-state index is -0.695. The van der Waals surface area contributed by atoms with Crippen LogP contribution >= 0.6 is 11.8 Å². The molecular formula is C36H29N3O8S. The summed E-state index contributed by atoms with van der Waals surface area (Å²) in [5.74, 6) is -1.18. The highest BCUT2D eigenvalue weighted by Crippen LogP contribution is 2.35. The molecule has 1 unspecified atom stereocenters. The van der Waals surface area contributed by atoms with Gasteiger partial charge in [-0.2, -0.15) is 0 Å². The van der Waals surface area contributed by atoms with Crippen LogP contribution in [0.15, 0.2) is 108 Å². The van der Waals surface area contributed by atoms with E-state index in [9.17, 15) is 24.0 Å². The molecule has 4 aromatic carbocycles. The number of nitrogens with one attached hydrogen (secondary N) is 2. The van der Waals surface area contributed by atoms with Crippen LogP contribution in [-0.2, 0) is 19.1 Å². The van der Waals surface area contributed by atoms with Gasteiger partial charge in [0.2, 0.25) is 18.6 Å². The molecule has 4 amide bonds. The first-order chi connectivity index (χ1) is 23.3. The third kappa shape index (κ3) is 7.24. The lowest BCUT2D eigenvalue weighted by Crippen LogP contribution is -2.31. The molecule has 0 saturated carbocycles. The summed E-state index contributed by atoms with van der Waals surface area (Å²) >= 11 is 1.20. The van der Waals surface area contributed by atoms with Gasteiger partial charge in [0.1, 0.15) is 5.70 Å². The van der Waals surface area contributed by atoms with Crippen LogP contribution in [-0.4, -0.2) is 48.2 Å². The molecule has 2 heterocycles. The molecule has 12 heteroatoms. The van der Waals surface area contributed by atoms with Gasteiger partial charge in [0.25, 0.3) is 11.8 Å². The smallest absolute Gasteiger partial charge is 0.338 e. The average molecular weight is 664 g/mol. The maximum absolute atomic E-state index is 13.6. The number of nitrogens with zero attached hydrogens (tertiary/aromatic N) is 1. The Bertz CT molecular complexity index is 1930. The van der Waals surface area contributed by atoms with Crippen molar-refractivity contribution in [2.45, 2.75) is 23.5 Å². The number of hydrogen-bond acceptors (Lipinski definition) is 9. The summed E-state index contributed by atoms with van der Waals surface area (Å²) < 4.78 is 15.8. The predicted octanol–water partition coefficient (Wildman–Crippen LogP) is 5.43. The first-order valence-electron chi connectivity index (χ1n) is 15.0. The number of rotatable bonds is 10. The maximum Gasteiger partial charge on any atom is 0.338 e. The van der Waals surface area contributed by atoms with Crippen molar-refractivity contribution >= 4 is 58.8 Å². The number of fused-ring (bicyclic) bond motifs is 1. The molecule has 2 aliphatic rings. The Balaban J connectivity index is 1.17. The standard InChI is InChI=1S/C36H29N3O8S/c1-2-45-36(44)24-12-14-26(15-13-24)39-32(40)20-31(35(39)43)48-27-10-6-9-25(19-27)37-34(42)28(38-33(41)23-7-4-3-5-8-23)17-22-11-16-29-30(18-22)47-21-46-29/h3-19,31H,2,20-21H2,1H3,(H,37,42)(H,38,41)/b28-17-. The molecule has 0 bridgehead atoms. The second-order valence-electron chi connectivity index (χ2n) is 10.6. The highest BCUT2D eigenvalue weighted by molar-refractivity contribution is 8.00. The van der Waals surface area contributed by atoms with Crippen molar-refractivity contribution in [3.63, 3.8) is 0 Å². The molecule has 1 atom stereocenters. The summed E-state index contributed by atoms with van der Waals surface area (Å²) in [7, 11) is 0. The van der Waals surface area contributed by atoms with E-state index in [-0.39, 0.29) is 37.3 Å². The van der Waals surface area contributed by atoms with E-state index in [2.05, 4.69) is 10.6 Å². The first kappa shape index (κ1) is 32.1. The van der Waals surface area contributed by atoms with E-state index in [1.165, 1.54) is 42.1 Å². The lowest BCUT2D eigenvalue weighted by Gasteiger charge is -2.16.